The number of carbonyl (C=O) groups is 2. The molecule has 0 radical (unpaired) electrons. The van der Waals surface area contributed by atoms with Crippen molar-refractivity contribution in [3.05, 3.63) is 60.2 Å². The lowest BCUT2D eigenvalue weighted by molar-refractivity contribution is -0.165. The Kier molecular flexibility index (Phi) is 5.00. The summed E-state index contributed by atoms with van der Waals surface area (Å²) < 4.78 is 10.8. The maximum Gasteiger partial charge on any atom is 0.319 e. The number of rotatable bonds is 5. The average molecular weight is 341 g/mol. The van der Waals surface area contributed by atoms with E-state index in [4.69, 9.17) is 9.47 Å². The van der Waals surface area contributed by atoms with E-state index >= 15 is 0 Å². The minimum atomic E-state index is -1.04. The Morgan fingerprint density at radius 3 is 2.60 bits per heavy atom. The first kappa shape index (κ1) is 17.0. The smallest absolute Gasteiger partial charge is 0.319 e. The van der Waals surface area contributed by atoms with Crippen LogP contribution in [0.4, 0.5) is 0 Å². The molecule has 2 atom stereocenters. The number of esters is 1. The van der Waals surface area contributed by atoms with Gasteiger partial charge in [0.15, 0.2) is 0 Å². The predicted molar refractivity (Wildman–Crippen MR) is 89.3 cm³/mol. The molecular formula is C19H19NO5. The third kappa shape index (κ3) is 3.64. The van der Waals surface area contributed by atoms with E-state index in [-0.39, 0.29) is 13.2 Å². The Hall–Kier alpha value is -2.86. The highest BCUT2D eigenvalue weighted by atomic mass is 16.5. The molecule has 1 N–H and O–H groups in total. The van der Waals surface area contributed by atoms with Gasteiger partial charge in [0.25, 0.3) is 5.91 Å². The Morgan fingerprint density at radius 1 is 1.16 bits per heavy atom. The molecule has 1 heterocycles. The number of hydrogen-bond donors (Lipinski definition) is 1. The third-order valence-electron chi connectivity index (χ3n) is 4.10. The molecule has 0 spiro atoms. The van der Waals surface area contributed by atoms with Crippen LogP contribution in [-0.4, -0.2) is 35.3 Å². The molecule has 25 heavy (non-hydrogen) atoms. The monoisotopic (exact) mass is 341 g/mol. The molecule has 6 nitrogen and oxygen atoms in total. The van der Waals surface area contributed by atoms with Crippen LogP contribution in [-0.2, 0) is 14.3 Å². The average Bonchev–Trinajstić information content (AvgIpc) is 2.91. The van der Waals surface area contributed by atoms with Crippen molar-refractivity contribution in [2.45, 2.75) is 12.8 Å². The lowest BCUT2D eigenvalue weighted by Crippen LogP contribution is -2.30. The van der Waals surface area contributed by atoms with Crippen molar-refractivity contribution in [3.8, 4) is 11.5 Å². The van der Waals surface area contributed by atoms with E-state index in [2.05, 4.69) is 0 Å². The van der Waals surface area contributed by atoms with Crippen molar-refractivity contribution in [2.24, 2.45) is 5.92 Å². The number of ether oxygens (including phenoxy) is 2. The molecule has 3 rings (SSSR count). The molecule has 130 valence electrons. The molecule has 2 aromatic carbocycles. The highest BCUT2D eigenvalue weighted by Crippen LogP contribution is 2.35. The van der Waals surface area contributed by atoms with Gasteiger partial charge in [0.1, 0.15) is 17.4 Å². The number of hydroxylamine groups is 2. The summed E-state index contributed by atoms with van der Waals surface area (Å²) in [5.74, 6) is -1.52. The SMILES string of the molecule is CCOC(=O)[C@@H]1C(=O)N(O)C[C@H]1c1cccc(Oc2ccccc2)c1. The minimum absolute atomic E-state index is 0.0388. The first-order valence-corrected chi connectivity index (χ1v) is 8.10. The van der Waals surface area contributed by atoms with E-state index in [1.54, 1.807) is 31.2 Å². The number of carbonyl (C=O) groups excluding carboxylic acids is 2. The van der Waals surface area contributed by atoms with Crippen LogP contribution in [0.3, 0.4) is 0 Å². The standard InChI is InChI=1S/C19H19NO5/c1-2-24-19(22)17-16(12-20(23)18(17)21)13-7-6-10-15(11-13)25-14-8-4-3-5-9-14/h3-11,16-17,23H,2,12H2,1H3/t16-,17-/m0/s1. The fourth-order valence-electron chi connectivity index (χ4n) is 2.94. The highest BCUT2D eigenvalue weighted by Gasteiger charge is 2.46. The van der Waals surface area contributed by atoms with Crippen LogP contribution >= 0.6 is 0 Å². The molecule has 1 saturated heterocycles. The molecule has 1 fully saturated rings. The van der Waals surface area contributed by atoms with E-state index in [9.17, 15) is 14.8 Å². The molecule has 0 saturated carbocycles. The molecule has 2 aromatic rings. The van der Waals surface area contributed by atoms with Gasteiger partial charge in [-0.3, -0.25) is 14.8 Å². The first-order valence-electron chi connectivity index (χ1n) is 8.10. The second-order valence-corrected chi connectivity index (χ2v) is 5.74. The molecule has 0 aromatic heterocycles. The van der Waals surface area contributed by atoms with Gasteiger partial charge in [-0.25, -0.2) is 5.06 Å². The summed E-state index contributed by atoms with van der Waals surface area (Å²) in [4.78, 5) is 24.3. The van der Waals surface area contributed by atoms with Crippen molar-refractivity contribution in [1.82, 2.24) is 5.06 Å². The Bertz CT molecular complexity index is 761. The zero-order valence-electron chi connectivity index (χ0n) is 13.8. The zero-order valence-corrected chi connectivity index (χ0v) is 13.8. The van der Waals surface area contributed by atoms with Gasteiger partial charge in [-0.1, -0.05) is 30.3 Å². The summed E-state index contributed by atoms with van der Waals surface area (Å²) in [5.41, 5.74) is 0.733. The Balaban J connectivity index is 1.86. The number of benzene rings is 2. The van der Waals surface area contributed by atoms with Gasteiger partial charge in [0.05, 0.1) is 13.2 Å². The molecule has 0 unspecified atom stereocenters. The fraction of sp³-hybridized carbons (Fsp3) is 0.263. The van der Waals surface area contributed by atoms with Crippen molar-refractivity contribution < 1.29 is 24.3 Å². The van der Waals surface area contributed by atoms with Gasteiger partial charge in [0.2, 0.25) is 0 Å². The second kappa shape index (κ2) is 7.36. The van der Waals surface area contributed by atoms with Gasteiger partial charge >= 0.3 is 5.97 Å². The Morgan fingerprint density at radius 2 is 1.88 bits per heavy atom. The lowest BCUT2D eigenvalue weighted by Gasteiger charge is -2.16. The third-order valence-corrected chi connectivity index (χ3v) is 4.10. The highest BCUT2D eigenvalue weighted by molar-refractivity contribution is 6.00. The summed E-state index contributed by atoms with van der Waals surface area (Å²) in [6.07, 6.45) is 0. The summed E-state index contributed by atoms with van der Waals surface area (Å²) in [6.45, 7) is 1.90. The van der Waals surface area contributed by atoms with Crippen LogP contribution in [0.25, 0.3) is 0 Å². The van der Waals surface area contributed by atoms with Gasteiger partial charge in [0, 0.05) is 5.92 Å². The van der Waals surface area contributed by atoms with Gasteiger partial charge < -0.3 is 9.47 Å². The van der Waals surface area contributed by atoms with Crippen molar-refractivity contribution in [3.63, 3.8) is 0 Å². The number of amides is 1. The lowest BCUT2D eigenvalue weighted by atomic mass is 9.88. The van der Waals surface area contributed by atoms with Crippen LogP contribution < -0.4 is 4.74 Å². The van der Waals surface area contributed by atoms with Crippen LogP contribution in [0.5, 0.6) is 11.5 Å². The normalized spacial score (nSPS) is 19.8. The first-order chi connectivity index (χ1) is 12.1. The maximum absolute atomic E-state index is 12.1. The van der Waals surface area contributed by atoms with Crippen LogP contribution in [0.2, 0.25) is 0 Å². The zero-order chi connectivity index (χ0) is 17.8. The molecule has 1 aliphatic heterocycles. The number of hydrogen-bond acceptors (Lipinski definition) is 5. The van der Waals surface area contributed by atoms with Gasteiger partial charge in [-0.2, -0.15) is 0 Å². The number of nitrogens with zero attached hydrogens (tertiary/aromatic N) is 1. The summed E-state index contributed by atoms with van der Waals surface area (Å²) in [7, 11) is 0. The maximum atomic E-state index is 12.1. The second-order valence-electron chi connectivity index (χ2n) is 5.74. The molecule has 1 aliphatic rings. The quantitative estimate of drug-likeness (QED) is 0.514. The number of para-hydroxylation sites is 1. The van der Waals surface area contributed by atoms with E-state index in [1.165, 1.54) is 0 Å². The van der Waals surface area contributed by atoms with E-state index < -0.39 is 23.7 Å². The summed E-state index contributed by atoms with van der Waals surface area (Å²) in [5, 5.41) is 10.3. The van der Waals surface area contributed by atoms with Crippen LogP contribution in [0, 0.1) is 5.92 Å². The van der Waals surface area contributed by atoms with E-state index in [0.29, 0.717) is 16.6 Å². The largest absolute Gasteiger partial charge is 0.465 e. The molecule has 0 aliphatic carbocycles. The molecule has 1 amide bonds. The molecule has 6 heteroatoms. The molecule has 0 bridgehead atoms. The van der Waals surface area contributed by atoms with Crippen molar-refractivity contribution in [2.75, 3.05) is 13.2 Å². The van der Waals surface area contributed by atoms with Crippen molar-refractivity contribution >= 4 is 11.9 Å². The van der Waals surface area contributed by atoms with Crippen LogP contribution in [0.1, 0.15) is 18.4 Å². The summed E-state index contributed by atoms with van der Waals surface area (Å²) >= 11 is 0. The van der Waals surface area contributed by atoms with E-state index in [0.717, 1.165) is 5.56 Å². The fourth-order valence-corrected chi connectivity index (χ4v) is 2.94. The van der Waals surface area contributed by atoms with E-state index in [1.807, 2.05) is 30.3 Å². The van der Waals surface area contributed by atoms with Gasteiger partial charge in [-0.05, 0) is 36.8 Å². The van der Waals surface area contributed by atoms with Crippen LogP contribution in [0.15, 0.2) is 54.6 Å². The Labute approximate surface area is 145 Å². The topological polar surface area (TPSA) is 76.1 Å². The molecular weight excluding hydrogens is 322 g/mol. The van der Waals surface area contributed by atoms with Crippen molar-refractivity contribution in [1.29, 1.82) is 0 Å². The minimum Gasteiger partial charge on any atom is -0.465 e. The summed E-state index contributed by atoms with van der Waals surface area (Å²) in [6, 6.07) is 16.5. The van der Waals surface area contributed by atoms with Gasteiger partial charge in [-0.15, -0.1) is 0 Å². The predicted octanol–water partition coefficient (Wildman–Crippen LogP) is 2.97.